The van der Waals surface area contributed by atoms with Gasteiger partial charge in [0.05, 0.1) is 6.04 Å². The van der Waals surface area contributed by atoms with Gasteiger partial charge in [-0.25, -0.2) is 14.6 Å². The van der Waals surface area contributed by atoms with Crippen LogP contribution in [0.2, 0.25) is 0 Å². The molecule has 2 N–H and O–H groups in total. The fourth-order valence-corrected chi connectivity index (χ4v) is 2.62. The molecule has 0 aliphatic heterocycles. The third kappa shape index (κ3) is 4.25. The number of carboxylic acid groups (broad SMARTS) is 1. The topological polar surface area (TPSA) is 93.5 Å². The van der Waals surface area contributed by atoms with Crippen LogP contribution in [0.1, 0.15) is 44.2 Å². The quantitative estimate of drug-likeness (QED) is 0.768. The van der Waals surface area contributed by atoms with E-state index in [1.807, 2.05) is 6.92 Å². The predicted molar refractivity (Wildman–Crippen MR) is 93.3 cm³/mol. The number of aromatic carboxylic acids is 1. The maximum Gasteiger partial charge on any atom is 0.407 e. The number of alkyl carbamates (subject to hydrolysis) is 1. The third-order valence-electron chi connectivity index (χ3n) is 3.25. The smallest absolute Gasteiger partial charge is 0.407 e. The summed E-state index contributed by atoms with van der Waals surface area (Å²) < 4.78 is 7.40. The van der Waals surface area contributed by atoms with Gasteiger partial charge in [-0.1, -0.05) is 0 Å². The van der Waals surface area contributed by atoms with Gasteiger partial charge in [-0.05, 0) is 61.8 Å². The minimum Gasteiger partial charge on any atom is -0.477 e. The summed E-state index contributed by atoms with van der Waals surface area (Å²) in [5.41, 5.74) is 0.0703. The molecule has 0 saturated heterocycles. The highest BCUT2D eigenvalue weighted by molar-refractivity contribution is 9.10. The van der Waals surface area contributed by atoms with Crippen LogP contribution in [-0.4, -0.2) is 38.9 Å². The fourth-order valence-electron chi connectivity index (χ4n) is 2.32. The number of hydrogen-bond donors (Lipinski definition) is 2. The van der Waals surface area contributed by atoms with Crippen molar-refractivity contribution in [3.63, 3.8) is 0 Å². The minimum absolute atomic E-state index is 0.120. The lowest BCUT2D eigenvalue weighted by Crippen LogP contribution is -2.35. The monoisotopic (exact) mass is 397 g/mol. The number of carboxylic acids is 1. The van der Waals surface area contributed by atoms with Crippen LogP contribution in [0.3, 0.4) is 0 Å². The van der Waals surface area contributed by atoms with Crippen LogP contribution in [0.15, 0.2) is 22.8 Å². The van der Waals surface area contributed by atoms with E-state index in [0.717, 1.165) is 5.39 Å². The Morgan fingerprint density at radius 2 is 2.08 bits per heavy atom. The molecule has 0 fully saturated rings. The van der Waals surface area contributed by atoms with Gasteiger partial charge in [0.2, 0.25) is 0 Å². The van der Waals surface area contributed by atoms with E-state index in [4.69, 9.17) is 4.74 Å². The van der Waals surface area contributed by atoms with Gasteiger partial charge in [0, 0.05) is 11.9 Å². The molecule has 0 aliphatic rings. The summed E-state index contributed by atoms with van der Waals surface area (Å²) in [6.07, 6.45) is -0.545. The summed E-state index contributed by atoms with van der Waals surface area (Å²) in [4.78, 5) is 27.7. The number of fused-ring (bicyclic) bond motifs is 1. The molecule has 1 atom stereocenters. The fraction of sp³-hybridized carbons (Fsp3) is 0.438. The van der Waals surface area contributed by atoms with E-state index in [0.29, 0.717) is 10.3 Å². The van der Waals surface area contributed by atoms with Crippen molar-refractivity contribution in [3.05, 3.63) is 28.5 Å². The molecule has 0 spiro atoms. The maximum atomic E-state index is 11.8. The van der Waals surface area contributed by atoms with Gasteiger partial charge in [0.25, 0.3) is 0 Å². The number of ether oxygens (including phenoxy) is 1. The van der Waals surface area contributed by atoms with E-state index in [1.54, 1.807) is 43.5 Å². The number of carbonyl (C=O) groups excluding carboxylic acids is 1. The summed E-state index contributed by atoms with van der Waals surface area (Å²) in [5, 5.41) is 12.8. The lowest BCUT2D eigenvalue weighted by atomic mass is 10.2. The molecular formula is C16H20BrN3O4. The summed E-state index contributed by atoms with van der Waals surface area (Å²) >= 11 is 3.30. The summed E-state index contributed by atoms with van der Waals surface area (Å²) in [6.45, 7) is 7.36. The van der Waals surface area contributed by atoms with E-state index >= 15 is 0 Å². The Labute approximate surface area is 148 Å². The number of pyridine rings is 1. The van der Waals surface area contributed by atoms with Crippen molar-refractivity contribution in [1.82, 2.24) is 14.9 Å². The molecule has 7 nitrogen and oxygen atoms in total. The molecule has 0 unspecified atom stereocenters. The van der Waals surface area contributed by atoms with Gasteiger partial charge < -0.3 is 19.7 Å². The van der Waals surface area contributed by atoms with Crippen molar-refractivity contribution in [2.45, 2.75) is 39.3 Å². The van der Waals surface area contributed by atoms with Crippen molar-refractivity contribution in [2.24, 2.45) is 0 Å². The highest BCUT2D eigenvalue weighted by Gasteiger charge is 2.22. The van der Waals surface area contributed by atoms with Crippen LogP contribution >= 0.6 is 15.9 Å². The first-order valence-corrected chi connectivity index (χ1v) is 8.25. The molecule has 24 heavy (non-hydrogen) atoms. The first kappa shape index (κ1) is 18.3. The second kappa shape index (κ2) is 6.80. The van der Waals surface area contributed by atoms with E-state index in [-0.39, 0.29) is 18.3 Å². The second-order valence-corrected chi connectivity index (χ2v) is 7.30. The van der Waals surface area contributed by atoms with Crippen LogP contribution in [-0.2, 0) is 4.74 Å². The molecule has 130 valence electrons. The normalized spacial score (nSPS) is 12.9. The molecule has 0 saturated carbocycles. The summed E-state index contributed by atoms with van der Waals surface area (Å²) in [7, 11) is 0. The van der Waals surface area contributed by atoms with Crippen molar-refractivity contribution in [1.29, 1.82) is 0 Å². The van der Waals surface area contributed by atoms with E-state index in [1.165, 1.54) is 0 Å². The predicted octanol–water partition coefficient (Wildman–Crippen LogP) is 3.58. The summed E-state index contributed by atoms with van der Waals surface area (Å²) in [6, 6.07) is 4.80. The number of halogens is 1. The van der Waals surface area contributed by atoms with Gasteiger partial charge in [-0.15, -0.1) is 0 Å². The molecule has 2 aromatic rings. The van der Waals surface area contributed by atoms with Crippen molar-refractivity contribution in [2.75, 3.05) is 6.54 Å². The molecule has 2 heterocycles. The minimum atomic E-state index is -1.05. The van der Waals surface area contributed by atoms with Crippen LogP contribution in [0.4, 0.5) is 4.79 Å². The van der Waals surface area contributed by atoms with Crippen molar-refractivity contribution in [3.8, 4) is 0 Å². The first-order chi connectivity index (χ1) is 11.1. The molecular weight excluding hydrogens is 378 g/mol. The first-order valence-electron chi connectivity index (χ1n) is 7.46. The Balaban J connectivity index is 2.26. The van der Waals surface area contributed by atoms with Gasteiger partial charge in [0.1, 0.15) is 21.5 Å². The SMILES string of the molecule is C[C@H](CNC(=O)OC(C)(C)C)n1c(C(=O)O)cc2ccc(Br)nc21. The molecule has 2 rings (SSSR count). The van der Waals surface area contributed by atoms with E-state index in [9.17, 15) is 14.7 Å². The highest BCUT2D eigenvalue weighted by Crippen LogP contribution is 2.24. The number of rotatable bonds is 4. The van der Waals surface area contributed by atoms with Crippen molar-refractivity contribution >= 4 is 39.0 Å². The molecule has 2 aromatic heterocycles. The Hall–Kier alpha value is -2.09. The lowest BCUT2D eigenvalue weighted by Gasteiger charge is -2.22. The second-order valence-electron chi connectivity index (χ2n) is 6.48. The Morgan fingerprint density at radius 1 is 1.42 bits per heavy atom. The average molecular weight is 398 g/mol. The molecule has 0 radical (unpaired) electrons. The van der Waals surface area contributed by atoms with Gasteiger partial charge in [-0.2, -0.15) is 0 Å². The zero-order valence-electron chi connectivity index (χ0n) is 14.0. The number of carbonyl (C=O) groups is 2. The Kier molecular flexibility index (Phi) is 5.17. The molecule has 8 heteroatoms. The largest absolute Gasteiger partial charge is 0.477 e. The highest BCUT2D eigenvalue weighted by atomic mass is 79.9. The molecule has 1 amide bonds. The van der Waals surface area contributed by atoms with Crippen LogP contribution in [0.5, 0.6) is 0 Å². The standard InChI is InChI=1S/C16H20BrN3O4/c1-9(8-18-15(23)24-16(2,3)4)20-11(14(21)22)7-10-5-6-12(17)19-13(10)20/h5-7,9H,8H2,1-4H3,(H,18,23)(H,21,22)/t9-/m1/s1. The third-order valence-corrected chi connectivity index (χ3v) is 3.69. The van der Waals surface area contributed by atoms with Gasteiger partial charge in [0.15, 0.2) is 0 Å². The number of amides is 1. The van der Waals surface area contributed by atoms with Crippen molar-refractivity contribution < 1.29 is 19.4 Å². The lowest BCUT2D eigenvalue weighted by molar-refractivity contribution is 0.0521. The van der Waals surface area contributed by atoms with Gasteiger partial charge >= 0.3 is 12.1 Å². The van der Waals surface area contributed by atoms with Crippen LogP contribution in [0.25, 0.3) is 11.0 Å². The molecule has 0 aliphatic carbocycles. The molecule has 0 bridgehead atoms. The average Bonchev–Trinajstić information content (AvgIpc) is 2.81. The van der Waals surface area contributed by atoms with E-state index in [2.05, 4.69) is 26.2 Å². The van der Waals surface area contributed by atoms with E-state index < -0.39 is 17.7 Å². The zero-order chi connectivity index (χ0) is 18.1. The molecule has 0 aromatic carbocycles. The maximum absolute atomic E-state index is 11.8. The Morgan fingerprint density at radius 3 is 2.67 bits per heavy atom. The Bertz CT molecular complexity index is 779. The van der Waals surface area contributed by atoms with Gasteiger partial charge in [-0.3, -0.25) is 0 Å². The number of nitrogens with zero attached hydrogens (tertiary/aromatic N) is 2. The number of aromatic nitrogens is 2. The van der Waals surface area contributed by atoms with Crippen LogP contribution in [0, 0.1) is 0 Å². The number of nitrogens with one attached hydrogen (secondary N) is 1. The summed E-state index contributed by atoms with van der Waals surface area (Å²) in [5.74, 6) is -1.05. The number of hydrogen-bond acceptors (Lipinski definition) is 4. The van der Waals surface area contributed by atoms with Crippen LogP contribution < -0.4 is 5.32 Å². The zero-order valence-corrected chi connectivity index (χ0v) is 15.5.